The quantitative estimate of drug-likeness (QED) is 0.853. The lowest BCUT2D eigenvalue weighted by Gasteiger charge is -2.26. The van der Waals surface area contributed by atoms with E-state index in [-0.39, 0.29) is 18.4 Å². The van der Waals surface area contributed by atoms with Gasteiger partial charge < -0.3 is 15.0 Å². The molecule has 0 spiro atoms. The minimum Gasteiger partial charge on any atom is -0.481 e. The molecule has 2 heterocycles. The maximum absolute atomic E-state index is 11.6. The second kappa shape index (κ2) is 4.21. The molecule has 1 aliphatic heterocycles. The summed E-state index contributed by atoms with van der Waals surface area (Å²) in [6, 6.07) is 1.42. The van der Waals surface area contributed by atoms with E-state index in [0.717, 1.165) is 4.47 Å². The van der Waals surface area contributed by atoms with Gasteiger partial charge in [0.2, 0.25) is 0 Å². The van der Waals surface area contributed by atoms with Crippen LogP contribution in [0.15, 0.2) is 15.1 Å². The molecule has 5 nitrogen and oxygen atoms in total. The number of carboxylic acids is 1. The number of hydrogen-bond acceptors (Lipinski definition) is 2. The molecule has 1 aliphatic rings. The van der Waals surface area contributed by atoms with Crippen LogP contribution in [0.3, 0.4) is 0 Å². The summed E-state index contributed by atoms with van der Waals surface area (Å²) in [4.78, 5) is 22.3. The molecule has 0 saturated carbocycles. The smallest absolute Gasteiger partial charge is 0.305 e. The lowest BCUT2D eigenvalue weighted by atomic mass is 10.1. The lowest BCUT2D eigenvalue weighted by Crippen LogP contribution is -2.39. The van der Waals surface area contributed by atoms with Crippen LogP contribution in [0.5, 0.6) is 0 Å². The average Bonchev–Trinajstić information content (AvgIpc) is 2.49. The van der Waals surface area contributed by atoms with Gasteiger partial charge in [0, 0.05) is 6.54 Å². The standard InChI is InChI=1S/C9H8Br2N2O3/c10-5-2-6-9(16)12-3-4(1-7(14)15)13(6)8(5)11/h2,4H,1,3H2,(H,12,16)(H,14,15). The molecule has 7 heteroatoms. The second-order valence-corrected chi connectivity index (χ2v) is 5.11. The first kappa shape index (κ1) is 11.7. The van der Waals surface area contributed by atoms with E-state index in [9.17, 15) is 9.59 Å². The van der Waals surface area contributed by atoms with E-state index in [1.54, 1.807) is 10.6 Å². The van der Waals surface area contributed by atoms with Crippen LogP contribution in [-0.4, -0.2) is 28.1 Å². The predicted molar refractivity (Wildman–Crippen MR) is 63.5 cm³/mol. The Labute approximate surface area is 108 Å². The Kier molecular flexibility index (Phi) is 3.07. The van der Waals surface area contributed by atoms with Crippen molar-refractivity contribution in [3.63, 3.8) is 0 Å². The first-order valence-corrected chi connectivity index (χ1v) is 6.15. The van der Waals surface area contributed by atoms with Gasteiger partial charge in [0.15, 0.2) is 0 Å². The van der Waals surface area contributed by atoms with Gasteiger partial charge >= 0.3 is 5.97 Å². The fraction of sp³-hybridized carbons (Fsp3) is 0.333. The fourth-order valence-electron chi connectivity index (χ4n) is 1.76. The van der Waals surface area contributed by atoms with Crippen molar-refractivity contribution < 1.29 is 14.7 Å². The second-order valence-electron chi connectivity index (χ2n) is 3.50. The number of rotatable bonds is 2. The van der Waals surface area contributed by atoms with Gasteiger partial charge in [0.05, 0.1) is 21.5 Å². The van der Waals surface area contributed by atoms with E-state index in [0.29, 0.717) is 16.8 Å². The summed E-state index contributed by atoms with van der Waals surface area (Å²) in [7, 11) is 0. The number of hydrogen-bond donors (Lipinski definition) is 2. The van der Waals surface area contributed by atoms with Gasteiger partial charge in [0.1, 0.15) is 5.69 Å². The molecule has 2 N–H and O–H groups in total. The monoisotopic (exact) mass is 350 g/mol. The number of carbonyl (C=O) groups is 2. The van der Waals surface area contributed by atoms with Crippen molar-refractivity contribution in [1.82, 2.24) is 9.88 Å². The zero-order valence-corrected chi connectivity index (χ0v) is 11.2. The Balaban J connectivity index is 2.46. The summed E-state index contributed by atoms with van der Waals surface area (Å²) in [6.07, 6.45) is -0.0208. The summed E-state index contributed by atoms with van der Waals surface area (Å²) in [6.45, 7) is 0.331. The number of nitrogens with one attached hydrogen (secondary N) is 1. The van der Waals surface area contributed by atoms with Gasteiger partial charge in [-0.25, -0.2) is 0 Å². The highest BCUT2D eigenvalue weighted by molar-refractivity contribution is 9.13. The van der Waals surface area contributed by atoms with Crippen LogP contribution in [0.1, 0.15) is 23.0 Å². The van der Waals surface area contributed by atoms with Gasteiger partial charge in [-0.1, -0.05) is 0 Å². The topological polar surface area (TPSA) is 71.3 Å². The molecular weight excluding hydrogens is 344 g/mol. The normalized spacial score (nSPS) is 19.1. The number of halogens is 2. The molecule has 1 aromatic heterocycles. The maximum atomic E-state index is 11.6. The number of carbonyl (C=O) groups excluding carboxylic acids is 1. The first-order valence-electron chi connectivity index (χ1n) is 4.57. The molecule has 0 aliphatic carbocycles. The third kappa shape index (κ3) is 1.89. The first-order chi connectivity index (χ1) is 7.50. The van der Waals surface area contributed by atoms with Crippen molar-refractivity contribution in [3.05, 3.63) is 20.8 Å². The molecule has 0 bridgehead atoms. The predicted octanol–water partition coefficient (Wildman–Crippen LogP) is 1.77. The van der Waals surface area contributed by atoms with Gasteiger partial charge in [-0.05, 0) is 37.9 Å². The number of aliphatic carboxylic acids is 1. The van der Waals surface area contributed by atoms with Crippen molar-refractivity contribution in [2.45, 2.75) is 12.5 Å². The zero-order valence-electron chi connectivity index (χ0n) is 8.04. The highest BCUT2D eigenvalue weighted by Gasteiger charge is 2.29. The molecule has 2 rings (SSSR count). The highest BCUT2D eigenvalue weighted by Crippen LogP contribution is 2.33. The lowest BCUT2D eigenvalue weighted by molar-refractivity contribution is -0.137. The Morgan fingerprint density at radius 2 is 2.31 bits per heavy atom. The number of aromatic nitrogens is 1. The molecule has 1 atom stereocenters. The summed E-state index contributed by atoms with van der Waals surface area (Å²) in [5.41, 5.74) is 0.469. The zero-order chi connectivity index (χ0) is 11.9. The Morgan fingerprint density at radius 3 is 2.94 bits per heavy atom. The summed E-state index contributed by atoms with van der Waals surface area (Å²) >= 11 is 6.64. The minimum atomic E-state index is -0.885. The van der Waals surface area contributed by atoms with Gasteiger partial charge in [-0.15, -0.1) is 0 Å². The summed E-state index contributed by atoms with van der Waals surface area (Å²) in [5, 5.41) is 11.5. The number of carboxylic acid groups (broad SMARTS) is 1. The van der Waals surface area contributed by atoms with E-state index in [4.69, 9.17) is 5.11 Å². The average molecular weight is 352 g/mol. The van der Waals surface area contributed by atoms with Crippen LogP contribution >= 0.6 is 31.9 Å². The molecule has 86 valence electrons. The van der Waals surface area contributed by atoms with Gasteiger partial charge in [0.25, 0.3) is 5.91 Å². The molecular formula is C9H8Br2N2O3. The van der Waals surface area contributed by atoms with Crippen molar-refractivity contribution >= 4 is 43.7 Å². The van der Waals surface area contributed by atoms with Gasteiger partial charge in [-0.2, -0.15) is 0 Å². The Bertz CT molecular complexity index is 470. The van der Waals surface area contributed by atoms with Crippen molar-refractivity contribution in [2.75, 3.05) is 6.54 Å². The fourth-order valence-corrected chi connectivity index (χ4v) is 2.76. The molecule has 1 amide bonds. The third-order valence-corrected chi connectivity index (χ3v) is 4.38. The van der Waals surface area contributed by atoms with Crippen LogP contribution < -0.4 is 5.32 Å². The SMILES string of the molecule is O=C(O)CC1CNC(=O)c2cc(Br)c(Br)n21. The molecule has 1 unspecified atom stereocenters. The summed E-state index contributed by atoms with van der Waals surface area (Å²) < 4.78 is 3.15. The van der Waals surface area contributed by atoms with E-state index < -0.39 is 5.97 Å². The molecule has 16 heavy (non-hydrogen) atoms. The Morgan fingerprint density at radius 1 is 1.62 bits per heavy atom. The molecule has 0 saturated heterocycles. The molecule has 0 aromatic carbocycles. The number of fused-ring (bicyclic) bond motifs is 1. The van der Waals surface area contributed by atoms with E-state index in [1.165, 1.54) is 0 Å². The van der Waals surface area contributed by atoms with Crippen LogP contribution in [-0.2, 0) is 4.79 Å². The van der Waals surface area contributed by atoms with Gasteiger partial charge in [-0.3, -0.25) is 9.59 Å². The molecule has 0 radical (unpaired) electrons. The molecule has 1 aromatic rings. The minimum absolute atomic E-state index is 0.0208. The Hall–Kier alpha value is -0.820. The summed E-state index contributed by atoms with van der Waals surface area (Å²) in [5.74, 6) is -1.07. The van der Waals surface area contributed by atoms with Crippen LogP contribution in [0, 0.1) is 0 Å². The number of amides is 1. The van der Waals surface area contributed by atoms with E-state index in [2.05, 4.69) is 37.2 Å². The van der Waals surface area contributed by atoms with Crippen LogP contribution in [0.25, 0.3) is 0 Å². The molecule has 0 fully saturated rings. The van der Waals surface area contributed by atoms with E-state index >= 15 is 0 Å². The van der Waals surface area contributed by atoms with Crippen molar-refractivity contribution in [3.8, 4) is 0 Å². The third-order valence-electron chi connectivity index (χ3n) is 2.44. The number of nitrogens with zero attached hydrogens (tertiary/aromatic N) is 1. The van der Waals surface area contributed by atoms with Crippen molar-refractivity contribution in [1.29, 1.82) is 0 Å². The van der Waals surface area contributed by atoms with Crippen LogP contribution in [0.4, 0.5) is 0 Å². The highest BCUT2D eigenvalue weighted by atomic mass is 79.9. The largest absolute Gasteiger partial charge is 0.481 e. The van der Waals surface area contributed by atoms with Crippen LogP contribution in [0.2, 0.25) is 0 Å². The maximum Gasteiger partial charge on any atom is 0.305 e. The van der Waals surface area contributed by atoms with Crippen molar-refractivity contribution in [2.24, 2.45) is 0 Å². The van der Waals surface area contributed by atoms with E-state index in [1.807, 2.05) is 0 Å².